The molecular weight excluding hydrogens is 450 g/mol. The molecule has 2 heterocycles. The number of hydrogen-bond acceptors (Lipinski definition) is 4. The van der Waals surface area contributed by atoms with Crippen LogP contribution in [0.3, 0.4) is 0 Å². The third-order valence-electron chi connectivity index (χ3n) is 6.72. The first kappa shape index (κ1) is 24.1. The fraction of sp³-hybridized carbons (Fsp3) is 0.333. The fourth-order valence-corrected chi connectivity index (χ4v) is 4.75. The van der Waals surface area contributed by atoms with Crippen molar-refractivity contribution < 1.29 is 14.3 Å². The standard InChI is InChI=1S/C30H33N3O3/c1-2-23-10-11-29-27(19-23)20-24-6-5-7-25(18-24)22-32(14-15-35-16-17-36-29)30(34)12-13-33-28-9-4-3-8-26(28)21-31-33/h3-11,18-19,21H,2,12-17,20,22H2,1H3. The number of rotatable bonds is 4. The van der Waals surface area contributed by atoms with Gasteiger partial charge in [0.25, 0.3) is 0 Å². The maximum Gasteiger partial charge on any atom is 0.224 e. The molecule has 6 nitrogen and oxygen atoms in total. The van der Waals surface area contributed by atoms with Gasteiger partial charge in [-0.05, 0) is 40.8 Å². The highest BCUT2D eigenvalue weighted by atomic mass is 16.5. The number of carbonyl (C=O) groups excluding carboxylic acids is 1. The van der Waals surface area contributed by atoms with Crippen LogP contribution in [-0.4, -0.2) is 47.0 Å². The number of ether oxygens (including phenoxy) is 2. The van der Waals surface area contributed by atoms with Crippen LogP contribution >= 0.6 is 0 Å². The van der Waals surface area contributed by atoms with E-state index in [2.05, 4.69) is 54.5 Å². The first-order valence-corrected chi connectivity index (χ1v) is 12.8. The van der Waals surface area contributed by atoms with Gasteiger partial charge in [0.15, 0.2) is 0 Å². The van der Waals surface area contributed by atoms with Crippen LogP contribution in [0.5, 0.6) is 5.75 Å². The summed E-state index contributed by atoms with van der Waals surface area (Å²) in [6, 6.07) is 23.1. The molecule has 1 amide bonds. The average Bonchev–Trinajstić information content (AvgIpc) is 3.32. The monoisotopic (exact) mass is 483 g/mol. The number of nitrogens with zero attached hydrogens (tertiary/aromatic N) is 3. The van der Waals surface area contributed by atoms with Crippen LogP contribution < -0.4 is 4.74 Å². The van der Waals surface area contributed by atoms with Crippen molar-refractivity contribution in [2.24, 2.45) is 0 Å². The predicted molar refractivity (Wildman–Crippen MR) is 141 cm³/mol. The summed E-state index contributed by atoms with van der Waals surface area (Å²) in [4.78, 5) is 15.2. The van der Waals surface area contributed by atoms with Crippen LogP contribution in [0.15, 0.2) is 72.9 Å². The molecule has 3 aromatic carbocycles. The molecule has 36 heavy (non-hydrogen) atoms. The SMILES string of the molecule is CCc1ccc2c(c1)Cc1cccc(c1)CN(C(=O)CCn1ncc3ccccc31)CCOCCO2. The highest BCUT2D eigenvalue weighted by Crippen LogP contribution is 2.25. The summed E-state index contributed by atoms with van der Waals surface area (Å²) < 4.78 is 13.8. The molecule has 0 spiro atoms. The Hall–Kier alpha value is -3.64. The Morgan fingerprint density at radius 3 is 2.78 bits per heavy atom. The summed E-state index contributed by atoms with van der Waals surface area (Å²) >= 11 is 0. The van der Waals surface area contributed by atoms with E-state index in [1.54, 1.807) is 0 Å². The maximum atomic E-state index is 13.3. The zero-order chi connectivity index (χ0) is 24.7. The first-order chi connectivity index (χ1) is 17.7. The van der Waals surface area contributed by atoms with Crippen molar-refractivity contribution in [1.82, 2.24) is 14.7 Å². The van der Waals surface area contributed by atoms with Crippen LogP contribution in [0, 0.1) is 0 Å². The third-order valence-corrected chi connectivity index (χ3v) is 6.72. The first-order valence-electron chi connectivity index (χ1n) is 12.8. The molecule has 186 valence electrons. The average molecular weight is 484 g/mol. The molecule has 6 heteroatoms. The number of aromatic nitrogens is 2. The second-order valence-corrected chi connectivity index (χ2v) is 9.25. The Bertz CT molecular complexity index is 1330. The zero-order valence-corrected chi connectivity index (χ0v) is 20.9. The number of fused-ring (bicyclic) bond motifs is 4. The van der Waals surface area contributed by atoms with Gasteiger partial charge in [-0.25, -0.2) is 0 Å². The zero-order valence-electron chi connectivity index (χ0n) is 20.9. The van der Waals surface area contributed by atoms with Crippen molar-refractivity contribution >= 4 is 16.8 Å². The van der Waals surface area contributed by atoms with Crippen molar-refractivity contribution in [2.75, 3.05) is 26.4 Å². The molecule has 0 saturated carbocycles. The van der Waals surface area contributed by atoms with Crippen molar-refractivity contribution in [2.45, 2.75) is 39.3 Å². The fourth-order valence-electron chi connectivity index (χ4n) is 4.75. The third kappa shape index (κ3) is 5.77. The van der Waals surface area contributed by atoms with E-state index in [1.807, 2.05) is 40.0 Å². The minimum atomic E-state index is 0.102. The van der Waals surface area contributed by atoms with Crippen molar-refractivity contribution in [3.8, 4) is 5.75 Å². The molecule has 0 saturated heterocycles. The molecule has 0 unspecified atom stereocenters. The number of benzene rings is 3. The minimum Gasteiger partial charge on any atom is -0.491 e. The van der Waals surface area contributed by atoms with E-state index in [4.69, 9.17) is 9.47 Å². The van der Waals surface area contributed by atoms with E-state index in [9.17, 15) is 4.79 Å². The van der Waals surface area contributed by atoms with E-state index in [1.165, 1.54) is 16.7 Å². The van der Waals surface area contributed by atoms with Gasteiger partial charge in [0.1, 0.15) is 12.4 Å². The molecule has 2 bridgehead atoms. The number of carbonyl (C=O) groups is 1. The van der Waals surface area contributed by atoms with Gasteiger partial charge < -0.3 is 14.4 Å². The lowest BCUT2D eigenvalue weighted by Gasteiger charge is -2.24. The lowest BCUT2D eigenvalue weighted by molar-refractivity contribution is -0.133. The lowest BCUT2D eigenvalue weighted by Crippen LogP contribution is -2.34. The predicted octanol–water partition coefficient (Wildman–Crippen LogP) is 5.02. The van der Waals surface area contributed by atoms with Gasteiger partial charge >= 0.3 is 0 Å². The summed E-state index contributed by atoms with van der Waals surface area (Å²) in [6.45, 7) is 5.27. The van der Waals surface area contributed by atoms with Crippen molar-refractivity contribution in [1.29, 1.82) is 0 Å². The van der Waals surface area contributed by atoms with E-state index >= 15 is 0 Å². The van der Waals surface area contributed by atoms with Gasteiger partial charge in [0, 0.05) is 31.3 Å². The largest absolute Gasteiger partial charge is 0.491 e. The molecule has 0 N–H and O–H groups in total. The quantitative estimate of drug-likeness (QED) is 0.409. The Morgan fingerprint density at radius 2 is 1.86 bits per heavy atom. The summed E-state index contributed by atoms with van der Waals surface area (Å²) in [5, 5.41) is 5.56. The van der Waals surface area contributed by atoms with E-state index < -0.39 is 0 Å². The Morgan fingerprint density at radius 1 is 0.972 bits per heavy atom. The number of para-hydroxylation sites is 1. The molecule has 1 aliphatic rings. The molecule has 1 aromatic heterocycles. The second-order valence-electron chi connectivity index (χ2n) is 9.25. The smallest absolute Gasteiger partial charge is 0.224 e. The van der Waals surface area contributed by atoms with Gasteiger partial charge in [-0.3, -0.25) is 9.48 Å². The molecule has 1 aliphatic heterocycles. The lowest BCUT2D eigenvalue weighted by atomic mass is 9.99. The minimum absolute atomic E-state index is 0.102. The molecule has 0 atom stereocenters. The highest BCUT2D eigenvalue weighted by Gasteiger charge is 2.16. The second kappa shape index (κ2) is 11.4. The van der Waals surface area contributed by atoms with Gasteiger partial charge in [0.05, 0.1) is 31.5 Å². The van der Waals surface area contributed by atoms with Crippen LogP contribution in [0.4, 0.5) is 0 Å². The van der Waals surface area contributed by atoms with Gasteiger partial charge in [-0.1, -0.05) is 61.5 Å². The van der Waals surface area contributed by atoms with E-state index in [0.29, 0.717) is 45.9 Å². The van der Waals surface area contributed by atoms with Crippen LogP contribution in [0.1, 0.15) is 35.6 Å². The summed E-state index contributed by atoms with van der Waals surface area (Å²) in [5.41, 5.74) is 5.87. The summed E-state index contributed by atoms with van der Waals surface area (Å²) in [7, 11) is 0. The van der Waals surface area contributed by atoms with Gasteiger partial charge in [-0.2, -0.15) is 5.10 Å². The summed E-state index contributed by atoms with van der Waals surface area (Å²) in [5.74, 6) is 1.02. The normalized spacial score (nSPS) is 14.6. The number of hydrogen-bond donors (Lipinski definition) is 0. The number of aryl methyl sites for hydroxylation is 2. The van der Waals surface area contributed by atoms with Crippen molar-refractivity contribution in [3.63, 3.8) is 0 Å². The van der Waals surface area contributed by atoms with Crippen LogP contribution in [0.25, 0.3) is 10.9 Å². The topological polar surface area (TPSA) is 56.6 Å². The Labute approximate surface area is 212 Å². The van der Waals surface area contributed by atoms with Crippen LogP contribution in [-0.2, 0) is 35.5 Å². The molecule has 0 radical (unpaired) electrons. The Kier molecular flexibility index (Phi) is 7.62. The van der Waals surface area contributed by atoms with Crippen molar-refractivity contribution in [3.05, 3.63) is 95.2 Å². The molecule has 0 aliphatic carbocycles. The summed E-state index contributed by atoms with van der Waals surface area (Å²) in [6.07, 6.45) is 4.02. The van der Waals surface area contributed by atoms with Gasteiger partial charge in [-0.15, -0.1) is 0 Å². The van der Waals surface area contributed by atoms with E-state index in [0.717, 1.165) is 35.1 Å². The Balaban J connectivity index is 1.33. The van der Waals surface area contributed by atoms with Gasteiger partial charge in [0.2, 0.25) is 5.91 Å². The number of amides is 1. The van der Waals surface area contributed by atoms with Crippen LogP contribution in [0.2, 0.25) is 0 Å². The molecular formula is C30H33N3O3. The highest BCUT2D eigenvalue weighted by molar-refractivity contribution is 5.79. The molecule has 0 fully saturated rings. The maximum absolute atomic E-state index is 13.3. The molecule has 4 aromatic rings. The van der Waals surface area contributed by atoms with E-state index in [-0.39, 0.29) is 5.91 Å². The molecule has 5 rings (SSSR count).